The fraction of sp³-hybridized carbons (Fsp3) is 0.462. The fourth-order valence-electron chi connectivity index (χ4n) is 2.77. The van der Waals surface area contributed by atoms with E-state index in [4.69, 9.17) is 5.73 Å². The number of carboxylic acid groups (broad SMARTS) is 1. The Hall–Kier alpha value is -2.01. The summed E-state index contributed by atoms with van der Waals surface area (Å²) in [6.45, 7) is -1.55. The molecule has 2 saturated heterocycles. The fourth-order valence-corrected chi connectivity index (χ4v) is 4.02. The van der Waals surface area contributed by atoms with Gasteiger partial charge in [-0.05, 0) is 11.6 Å². The summed E-state index contributed by atoms with van der Waals surface area (Å²) >= 11 is 1.25. The van der Waals surface area contributed by atoms with E-state index in [1.807, 2.05) is 0 Å². The topological polar surface area (TPSA) is 104 Å². The van der Waals surface area contributed by atoms with Crippen molar-refractivity contribution in [3.63, 3.8) is 0 Å². The number of rotatable bonds is 3. The summed E-state index contributed by atoms with van der Waals surface area (Å²) in [6.07, 6.45) is -3.22. The van der Waals surface area contributed by atoms with Crippen LogP contribution in [0, 0.1) is 0 Å². The molecule has 3 heterocycles. The number of carbonyl (C=O) groups is 3. The molecule has 2 amide bonds. The van der Waals surface area contributed by atoms with Crippen molar-refractivity contribution in [3.8, 4) is 0 Å². The molecule has 0 aromatic rings. The highest BCUT2D eigenvalue weighted by Crippen LogP contribution is 2.40. The summed E-state index contributed by atoms with van der Waals surface area (Å²) in [7, 11) is 0. The Morgan fingerprint density at radius 2 is 2.08 bits per heavy atom. The van der Waals surface area contributed by atoms with Crippen LogP contribution in [0.25, 0.3) is 0 Å². The van der Waals surface area contributed by atoms with Crippen molar-refractivity contribution in [1.82, 2.24) is 9.80 Å². The number of hydrogen-bond acceptors (Lipinski definition) is 5. The van der Waals surface area contributed by atoms with Gasteiger partial charge in [0.1, 0.15) is 23.7 Å². The summed E-state index contributed by atoms with van der Waals surface area (Å²) in [5.41, 5.74) is 5.66. The monoisotopic (exact) mass is 363 g/mol. The number of likely N-dealkylation sites (tertiary alicyclic amines) is 1. The van der Waals surface area contributed by atoms with Crippen LogP contribution in [0.15, 0.2) is 22.9 Å². The second-order valence-electron chi connectivity index (χ2n) is 5.56. The van der Waals surface area contributed by atoms with E-state index in [-0.39, 0.29) is 29.1 Å². The molecule has 3 aliphatic heterocycles. The first kappa shape index (κ1) is 16.8. The summed E-state index contributed by atoms with van der Waals surface area (Å²) in [5, 5.41) is 8.87. The molecular weight excluding hydrogens is 351 g/mol. The maximum absolute atomic E-state index is 12.3. The molecule has 0 radical (unpaired) electrons. The summed E-state index contributed by atoms with van der Waals surface area (Å²) in [4.78, 5) is 36.6. The van der Waals surface area contributed by atoms with Gasteiger partial charge < -0.3 is 15.7 Å². The highest BCUT2D eigenvalue weighted by Gasteiger charge is 2.51. The van der Waals surface area contributed by atoms with Crippen molar-refractivity contribution in [1.29, 1.82) is 0 Å². The van der Waals surface area contributed by atoms with Gasteiger partial charge in [-0.25, -0.2) is 4.79 Å². The second kappa shape index (κ2) is 5.52. The number of hydrogen-bond donors (Lipinski definition) is 2. The van der Waals surface area contributed by atoms with Crippen molar-refractivity contribution in [2.45, 2.75) is 17.6 Å². The van der Waals surface area contributed by atoms with Crippen molar-refractivity contribution in [3.05, 3.63) is 22.9 Å². The van der Waals surface area contributed by atoms with Crippen molar-refractivity contribution in [2.24, 2.45) is 5.73 Å². The lowest BCUT2D eigenvalue weighted by Gasteiger charge is -2.47. The summed E-state index contributed by atoms with van der Waals surface area (Å²) in [6, 6.07) is -0.772. The van der Waals surface area contributed by atoms with Gasteiger partial charge >= 0.3 is 12.1 Å². The van der Waals surface area contributed by atoms with Gasteiger partial charge in [0, 0.05) is 11.3 Å². The van der Waals surface area contributed by atoms with Crippen LogP contribution in [-0.4, -0.2) is 69.1 Å². The van der Waals surface area contributed by atoms with Crippen LogP contribution in [-0.2, 0) is 14.4 Å². The van der Waals surface area contributed by atoms with Crippen LogP contribution in [0.1, 0.15) is 0 Å². The highest BCUT2D eigenvalue weighted by atomic mass is 32.2. The molecule has 0 bridgehead atoms. The lowest BCUT2D eigenvalue weighted by Crippen LogP contribution is -2.68. The lowest BCUT2D eigenvalue weighted by molar-refractivity contribution is -0.164. The Morgan fingerprint density at radius 1 is 1.42 bits per heavy atom. The molecule has 130 valence electrons. The van der Waals surface area contributed by atoms with Gasteiger partial charge in [-0.15, -0.1) is 11.8 Å². The van der Waals surface area contributed by atoms with E-state index in [1.165, 1.54) is 17.8 Å². The normalized spacial score (nSPS) is 28.8. The molecule has 0 aliphatic carbocycles. The Morgan fingerprint density at radius 3 is 2.62 bits per heavy atom. The highest BCUT2D eigenvalue weighted by molar-refractivity contribution is 8.00. The van der Waals surface area contributed by atoms with E-state index in [1.54, 1.807) is 0 Å². The molecule has 3 aliphatic rings. The molecule has 0 saturated carbocycles. The number of allylic oxidation sites excluding steroid dienone is 1. The average molecular weight is 363 g/mol. The molecule has 24 heavy (non-hydrogen) atoms. The third kappa shape index (κ3) is 2.67. The average Bonchev–Trinajstić information content (AvgIpc) is 2.50. The molecule has 2 fully saturated rings. The Bertz CT molecular complexity index is 703. The summed E-state index contributed by atoms with van der Waals surface area (Å²) < 4.78 is 36.8. The zero-order valence-electron chi connectivity index (χ0n) is 12.0. The largest absolute Gasteiger partial charge is 0.477 e. The van der Waals surface area contributed by atoms with Crippen LogP contribution in [0.2, 0.25) is 0 Å². The van der Waals surface area contributed by atoms with Crippen LogP contribution < -0.4 is 5.73 Å². The number of fused-ring (bicyclic) bond motifs is 1. The van der Waals surface area contributed by atoms with E-state index < -0.39 is 41.9 Å². The van der Waals surface area contributed by atoms with Gasteiger partial charge in [-0.3, -0.25) is 14.5 Å². The van der Waals surface area contributed by atoms with Gasteiger partial charge in [0.2, 0.25) is 5.91 Å². The van der Waals surface area contributed by atoms with Crippen molar-refractivity contribution in [2.75, 3.05) is 18.8 Å². The second-order valence-corrected chi connectivity index (χ2v) is 6.67. The number of carboxylic acids is 1. The number of alkyl halides is 3. The van der Waals surface area contributed by atoms with Crippen LogP contribution in [0.4, 0.5) is 13.2 Å². The quantitative estimate of drug-likeness (QED) is 0.536. The molecule has 3 N–H and O–H groups in total. The van der Waals surface area contributed by atoms with Gasteiger partial charge in [0.25, 0.3) is 5.91 Å². The van der Waals surface area contributed by atoms with Gasteiger partial charge in [0.15, 0.2) is 0 Å². The number of aliphatic carboxylic acids is 1. The predicted octanol–water partition coefficient (Wildman–Crippen LogP) is -0.102. The zero-order valence-corrected chi connectivity index (χ0v) is 12.9. The first-order valence-electron chi connectivity index (χ1n) is 6.83. The number of amides is 2. The number of thioether (sulfide) groups is 1. The molecule has 0 aromatic carbocycles. The zero-order chi connectivity index (χ0) is 17.8. The first-order chi connectivity index (χ1) is 11.1. The van der Waals surface area contributed by atoms with Crippen molar-refractivity contribution < 1.29 is 32.7 Å². The minimum Gasteiger partial charge on any atom is -0.477 e. The van der Waals surface area contributed by atoms with Crippen LogP contribution in [0.3, 0.4) is 0 Å². The number of nitrogens with two attached hydrogens (primary N) is 1. The van der Waals surface area contributed by atoms with E-state index >= 15 is 0 Å². The Balaban J connectivity index is 1.83. The van der Waals surface area contributed by atoms with Gasteiger partial charge in [-0.1, -0.05) is 0 Å². The van der Waals surface area contributed by atoms with Crippen molar-refractivity contribution >= 4 is 29.5 Å². The molecule has 3 rings (SSSR count). The van der Waals surface area contributed by atoms with Crippen LogP contribution in [0.5, 0.6) is 0 Å². The van der Waals surface area contributed by atoms with E-state index in [0.717, 1.165) is 4.90 Å². The predicted molar refractivity (Wildman–Crippen MR) is 76.4 cm³/mol. The number of carbonyl (C=O) groups excluding carboxylic acids is 2. The molecule has 0 aromatic heterocycles. The molecule has 0 spiro atoms. The van der Waals surface area contributed by atoms with Crippen LogP contribution >= 0.6 is 11.8 Å². The summed E-state index contributed by atoms with van der Waals surface area (Å²) in [5.74, 6) is -2.45. The molecule has 7 nitrogen and oxygen atoms in total. The van der Waals surface area contributed by atoms with Gasteiger partial charge in [0.05, 0.1) is 6.54 Å². The minimum atomic E-state index is -4.49. The van der Waals surface area contributed by atoms with E-state index in [2.05, 4.69) is 0 Å². The lowest BCUT2D eigenvalue weighted by atomic mass is 9.99. The Kier molecular flexibility index (Phi) is 3.87. The third-order valence-electron chi connectivity index (χ3n) is 3.88. The molecular formula is C13H12F3N3O4S. The van der Waals surface area contributed by atoms with E-state index in [0.29, 0.717) is 4.90 Å². The van der Waals surface area contributed by atoms with E-state index in [9.17, 15) is 32.7 Å². The number of halogens is 3. The number of β-lactam (4-membered cyclic amide) rings is 2. The Labute approximate surface area is 137 Å². The standard InChI is InChI=1S/C13H12F3N3O4S/c14-13(15,16)4-18-2-5(9(18)20)1-6-3-24-11-7(17)10(21)19(11)8(6)12(22)23/h1,7,11H,2-4,17H2,(H,22,23)/b5-1-/t7-,11-/m1/s1. The van der Waals surface area contributed by atoms with Gasteiger partial charge in [-0.2, -0.15) is 13.2 Å². The molecule has 11 heteroatoms. The maximum Gasteiger partial charge on any atom is 0.406 e. The SMILES string of the molecule is N[C@@H]1C(=O)N2C(C(=O)O)=C(/C=C3/CN(CC(F)(F)F)C3=O)CS[C@H]12. The maximum atomic E-state index is 12.3. The first-order valence-corrected chi connectivity index (χ1v) is 7.88. The molecule has 0 unspecified atom stereocenters. The third-order valence-corrected chi connectivity index (χ3v) is 5.21. The minimum absolute atomic E-state index is 0.0873. The number of nitrogens with zero attached hydrogens (tertiary/aromatic N) is 2. The smallest absolute Gasteiger partial charge is 0.406 e. The molecule has 2 atom stereocenters.